The molecule has 102 valence electrons. The van der Waals surface area contributed by atoms with E-state index in [0.717, 1.165) is 17.4 Å². The lowest BCUT2D eigenvalue weighted by Crippen LogP contribution is -2.05. The minimum absolute atomic E-state index is 0.433. The first-order valence-corrected chi connectivity index (χ1v) is 8.63. The van der Waals surface area contributed by atoms with Gasteiger partial charge in [0, 0.05) is 10.6 Å². The molecule has 0 fully saturated rings. The molecule has 0 spiro atoms. The average Bonchev–Trinajstić information content (AvgIpc) is 2.97. The van der Waals surface area contributed by atoms with Gasteiger partial charge in [-0.05, 0) is 30.0 Å². The molecular formula is C16H16N2S2. The number of nitrogens with zero attached hydrogens (tertiary/aromatic N) is 1. The molecule has 20 heavy (non-hydrogen) atoms. The van der Waals surface area contributed by atoms with Crippen LogP contribution in [0.5, 0.6) is 0 Å². The van der Waals surface area contributed by atoms with Crippen LogP contribution in [0.1, 0.15) is 10.8 Å². The molecule has 0 aromatic heterocycles. The molecular weight excluding hydrogens is 284 g/mol. The highest BCUT2D eigenvalue weighted by Crippen LogP contribution is 2.35. The zero-order valence-electron chi connectivity index (χ0n) is 11.2. The lowest BCUT2D eigenvalue weighted by molar-refractivity contribution is 0.966. The van der Waals surface area contributed by atoms with E-state index in [1.165, 1.54) is 10.5 Å². The Morgan fingerprint density at radius 2 is 2.00 bits per heavy atom. The number of amidine groups is 1. The van der Waals surface area contributed by atoms with Gasteiger partial charge in [0.25, 0.3) is 0 Å². The van der Waals surface area contributed by atoms with E-state index in [4.69, 9.17) is 0 Å². The minimum atomic E-state index is 0.433. The van der Waals surface area contributed by atoms with Crippen LogP contribution in [-0.2, 0) is 0 Å². The topological polar surface area (TPSA) is 24.4 Å². The number of hydrogen-bond acceptors (Lipinski definition) is 4. The van der Waals surface area contributed by atoms with Gasteiger partial charge in [-0.3, -0.25) is 4.99 Å². The van der Waals surface area contributed by atoms with Crippen LogP contribution in [0.15, 0.2) is 64.5 Å². The third kappa shape index (κ3) is 3.19. The van der Waals surface area contributed by atoms with Gasteiger partial charge in [0.15, 0.2) is 5.17 Å². The number of nitrogens with one attached hydrogen (secondary N) is 1. The zero-order chi connectivity index (χ0) is 13.8. The summed E-state index contributed by atoms with van der Waals surface area (Å²) in [6, 6.07) is 19.0. The highest BCUT2D eigenvalue weighted by Gasteiger charge is 2.21. The zero-order valence-corrected chi connectivity index (χ0v) is 12.9. The van der Waals surface area contributed by atoms with Crippen LogP contribution >= 0.6 is 23.5 Å². The van der Waals surface area contributed by atoms with Crippen LogP contribution in [0, 0.1) is 0 Å². The second kappa shape index (κ2) is 6.37. The summed E-state index contributed by atoms with van der Waals surface area (Å²) in [4.78, 5) is 5.87. The second-order valence-corrected chi connectivity index (χ2v) is 6.59. The van der Waals surface area contributed by atoms with Crippen molar-refractivity contribution in [1.82, 2.24) is 0 Å². The molecule has 1 atom stereocenters. The van der Waals surface area contributed by atoms with E-state index in [9.17, 15) is 0 Å². The van der Waals surface area contributed by atoms with Crippen molar-refractivity contribution in [2.75, 3.05) is 18.1 Å². The van der Waals surface area contributed by atoms with Gasteiger partial charge in [0.2, 0.25) is 0 Å². The molecule has 0 amide bonds. The summed E-state index contributed by atoms with van der Waals surface area (Å²) in [5, 5.41) is 4.86. The van der Waals surface area contributed by atoms with Gasteiger partial charge >= 0.3 is 0 Å². The number of benzene rings is 2. The van der Waals surface area contributed by atoms with Crippen LogP contribution in [-0.4, -0.2) is 18.0 Å². The third-order valence-corrected chi connectivity index (χ3v) is 5.03. The third-order valence-electron chi connectivity index (χ3n) is 3.15. The largest absolute Gasteiger partial charge is 0.335 e. The van der Waals surface area contributed by atoms with Crippen molar-refractivity contribution in [3.63, 3.8) is 0 Å². The Bertz CT molecular complexity index is 611. The standard InChI is InChI=1S/C16H16N2S2/c1-19-14-9-5-8-13(10-14)18-16-17-11-15(20-16)12-6-3-2-4-7-12/h2-10,15H,11H2,1H3,(H,17,18). The van der Waals surface area contributed by atoms with Crippen molar-refractivity contribution in [3.05, 3.63) is 60.2 Å². The Kier molecular flexibility index (Phi) is 4.33. The molecule has 2 aromatic rings. The molecule has 1 unspecified atom stereocenters. The van der Waals surface area contributed by atoms with E-state index in [1.807, 2.05) is 0 Å². The smallest absolute Gasteiger partial charge is 0.161 e. The Labute approximate surface area is 128 Å². The fraction of sp³-hybridized carbons (Fsp3) is 0.188. The summed E-state index contributed by atoms with van der Waals surface area (Å²) < 4.78 is 0. The Morgan fingerprint density at radius 1 is 1.15 bits per heavy atom. The van der Waals surface area contributed by atoms with Crippen LogP contribution < -0.4 is 5.32 Å². The number of rotatable bonds is 3. The summed E-state index contributed by atoms with van der Waals surface area (Å²) >= 11 is 3.56. The summed E-state index contributed by atoms with van der Waals surface area (Å²) in [5.41, 5.74) is 2.45. The van der Waals surface area contributed by atoms with Crippen LogP contribution in [0.2, 0.25) is 0 Å². The van der Waals surface area contributed by atoms with Gasteiger partial charge in [-0.25, -0.2) is 0 Å². The van der Waals surface area contributed by atoms with Crippen molar-refractivity contribution < 1.29 is 0 Å². The molecule has 2 nitrogen and oxygen atoms in total. The van der Waals surface area contributed by atoms with Crippen LogP contribution in [0.3, 0.4) is 0 Å². The van der Waals surface area contributed by atoms with Gasteiger partial charge in [-0.1, -0.05) is 48.2 Å². The summed E-state index contributed by atoms with van der Waals surface area (Å²) in [7, 11) is 0. The van der Waals surface area contributed by atoms with E-state index in [1.54, 1.807) is 23.5 Å². The normalized spacial score (nSPS) is 17.9. The molecule has 0 radical (unpaired) electrons. The van der Waals surface area contributed by atoms with Gasteiger partial charge in [-0.15, -0.1) is 11.8 Å². The molecule has 0 saturated heterocycles. The molecule has 1 aliphatic heterocycles. The second-order valence-electron chi connectivity index (χ2n) is 4.52. The van der Waals surface area contributed by atoms with Gasteiger partial charge in [-0.2, -0.15) is 0 Å². The molecule has 1 heterocycles. The SMILES string of the molecule is CSc1cccc(NC2=NCC(c3ccccc3)S2)c1. The highest BCUT2D eigenvalue weighted by atomic mass is 32.2. The molecule has 0 aliphatic carbocycles. The van der Waals surface area contributed by atoms with E-state index >= 15 is 0 Å². The monoisotopic (exact) mass is 300 g/mol. The summed E-state index contributed by atoms with van der Waals surface area (Å²) in [5.74, 6) is 0. The Balaban J connectivity index is 1.65. The molecule has 1 N–H and O–H groups in total. The molecule has 0 saturated carbocycles. The van der Waals surface area contributed by atoms with E-state index in [0.29, 0.717) is 5.25 Å². The molecule has 2 aromatic carbocycles. The molecule has 1 aliphatic rings. The number of anilines is 1. The van der Waals surface area contributed by atoms with Crippen molar-refractivity contribution in [3.8, 4) is 0 Å². The van der Waals surface area contributed by atoms with Gasteiger partial charge in [0.1, 0.15) is 0 Å². The quantitative estimate of drug-likeness (QED) is 0.834. The lowest BCUT2D eigenvalue weighted by Gasteiger charge is -2.10. The lowest BCUT2D eigenvalue weighted by atomic mass is 10.1. The fourth-order valence-electron chi connectivity index (χ4n) is 2.11. The molecule has 0 bridgehead atoms. The van der Waals surface area contributed by atoms with Gasteiger partial charge in [0.05, 0.1) is 11.8 Å². The highest BCUT2D eigenvalue weighted by molar-refractivity contribution is 8.14. The predicted octanol–water partition coefficient (Wildman–Crippen LogP) is 4.66. The van der Waals surface area contributed by atoms with Gasteiger partial charge < -0.3 is 5.32 Å². The first-order valence-electron chi connectivity index (χ1n) is 6.52. The van der Waals surface area contributed by atoms with E-state index in [2.05, 4.69) is 71.2 Å². The number of aliphatic imine (C=N–C) groups is 1. The maximum Gasteiger partial charge on any atom is 0.161 e. The first kappa shape index (κ1) is 13.6. The van der Waals surface area contributed by atoms with Crippen LogP contribution in [0.25, 0.3) is 0 Å². The first-order chi connectivity index (χ1) is 9.85. The van der Waals surface area contributed by atoms with Crippen molar-refractivity contribution in [2.45, 2.75) is 10.1 Å². The summed E-state index contributed by atoms with van der Waals surface area (Å²) in [6.45, 7) is 0.846. The maximum absolute atomic E-state index is 4.61. The van der Waals surface area contributed by atoms with Crippen molar-refractivity contribution >= 4 is 34.4 Å². The Hall–Kier alpha value is -1.39. The van der Waals surface area contributed by atoms with Crippen molar-refractivity contribution in [2.24, 2.45) is 4.99 Å². The predicted molar refractivity (Wildman–Crippen MR) is 90.9 cm³/mol. The number of thioether (sulfide) groups is 2. The van der Waals surface area contributed by atoms with Crippen LogP contribution in [0.4, 0.5) is 5.69 Å². The minimum Gasteiger partial charge on any atom is -0.335 e. The van der Waals surface area contributed by atoms with E-state index < -0.39 is 0 Å². The molecule has 3 rings (SSSR count). The van der Waals surface area contributed by atoms with Crippen molar-refractivity contribution in [1.29, 1.82) is 0 Å². The summed E-state index contributed by atoms with van der Waals surface area (Å²) in [6.07, 6.45) is 2.09. The Morgan fingerprint density at radius 3 is 2.80 bits per heavy atom. The fourth-order valence-corrected chi connectivity index (χ4v) is 3.61. The molecule has 4 heteroatoms. The van der Waals surface area contributed by atoms with E-state index in [-0.39, 0.29) is 0 Å². The average molecular weight is 300 g/mol. The number of hydrogen-bond donors (Lipinski definition) is 1. The maximum atomic E-state index is 4.61.